The van der Waals surface area contributed by atoms with Gasteiger partial charge in [-0.05, 0) is 42.0 Å². The van der Waals surface area contributed by atoms with Crippen LogP contribution in [-0.4, -0.2) is 31.1 Å². The van der Waals surface area contributed by atoms with Gasteiger partial charge in [0.05, 0.1) is 0 Å². The van der Waals surface area contributed by atoms with E-state index in [-0.39, 0.29) is 24.1 Å². The summed E-state index contributed by atoms with van der Waals surface area (Å²) < 4.78 is 41.7. The molecule has 2 aromatic carbocycles. The van der Waals surface area contributed by atoms with Gasteiger partial charge in [-0.1, -0.05) is 12.1 Å². The fourth-order valence-corrected chi connectivity index (χ4v) is 2.84. The lowest BCUT2D eigenvalue weighted by Gasteiger charge is -2.19. The minimum Gasteiger partial charge on any atom is -0.435 e. The second-order valence-corrected chi connectivity index (χ2v) is 5.88. The quantitative estimate of drug-likeness (QED) is 0.748. The zero-order valence-corrected chi connectivity index (χ0v) is 13.9. The molecular formula is C18H16F3N3O3. The zero-order chi connectivity index (χ0) is 19.4. The molecule has 3 rings (SSSR count). The van der Waals surface area contributed by atoms with Crippen LogP contribution in [0.25, 0.3) is 0 Å². The molecule has 0 unspecified atom stereocenters. The van der Waals surface area contributed by atoms with Crippen LogP contribution in [0.5, 0.6) is 5.75 Å². The van der Waals surface area contributed by atoms with Crippen LogP contribution in [0.1, 0.15) is 11.5 Å². The molecule has 142 valence electrons. The normalized spacial score (nSPS) is 18.9. The molecule has 0 bridgehead atoms. The summed E-state index contributed by atoms with van der Waals surface area (Å²) in [6, 6.07) is 9.60. The molecule has 3 N–H and O–H groups in total. The van der Waals surface area contributed by atoms with Crippen LogP contribution in [0.15, 0.2) is 48.5 Å². The first-order valence-electron chi connectivity index (χ1n) is 8.08. The minimum atomic E-state index is -2.92. The van der Waals surface area contributed by atoms with E-state index < -0.39 is 24.5 Å². The Labute approximate surface area is 152 Å². The van der Waals surface area contributed by atoms with E-state index in [1.54, 1.807) is 12.1 Å². The lowest BCUT2D eigenvalue weighted by atomic mass is 9.94. The number of ether oxygens (including phenoxy) is 1. The fourth-order valence-electron chi connectivity index (χ4n) is 2.84. The summed E-state index contributed by atoms with van der Waals surface area (Å²) in [6.07, 6.45) is 0. The van der Waals surface area contributed by atoms with Crippen LogP contribution in [0, 0.1) is 5.82 Å². The molecule has 0 spiro atoms. The van der Waals surface area contributed by atoms with Gasteiger partial charge in [-0.25, -0.2) is 9.18 Å². The van der Waals surface area contributed by atoms with Gasteiger partial charge in [0.1, 0.15) is 17.6 Å². The molecule has 0 radical (unpaired) electrons. The van der Waals surface area contributed by atoms with E-state index in [2.05, 4.69) is 20.7 Å². The Kier molecular flexibility index (Phi) is 5.49. The van der Waals surface area contributed by atoms with Gasteiger partial charge in [0.2, 0.25) is 5.91 Å². The molecule has 0 aliphatic carbocycles. The molecular weight excluding hydrogens is 363 g/mol. The first-order chi connectivity index (χ1) is 12.9. The maximum atomic E-state index is 12.9. The third kappa shape index (κ3) is 4.69. The molecule has 2 aromatic rings. The molecule has 6 nitrogen and oxygen atoms in total. The number of halogens is 3. The van der Waals surface area contributed by atoms with Gasteiger partial charge in [0.25, 0.3) is 0 Å². The van der Waals surface area contributed by atoms with Crippen molar-refractivity contribution in [3.8, 4) is 5.75 Å². The van der Waals surface area contributed by atoms with Crippen molar-refractivity contribution in [2.75, 3.05) is 11.9 Å². The van der Waals surface area contributed by atoms with Crippen molar-refractivity contribution < 1.29 is 27.5 Å². The van der Waals surface area contributed by atoms with Gasteiger partial charge < -0.3 is 20.7 Å². The summed E-state index contributed by atoms with van der Waals surface area (Å²) in [7, 11) is 0. The summed E-state index contributed by atoms with van der Waals surface area (Å²) >= 11 is 0. The number of hydrogen-bond donors (Lipinski definition) is 3. The van der Waals surface area contributed by atoms with Gasteiger partial charge in [0.15, 0.2) is 0 Å². The number of nitrogens with one attached hydrogen (secondary N) is 3. The maximum absolute atomic E-state index is 12.9. The van der Waals surface area contributed by atoms with E-state index >= 15 is 0 Å². The number of amides is 3. The summed E-state index contributed by atoms with van der Waals surface area (Å²) in [5, 5.41) is 7.76. The molecule has 1 aliphatic heterocycles. The maximum Gasteiger partial charge on any atom is 0.387 e. The molecule has 9 heteroatoms. The fraction of sp³-hybridized carbons (Fsp3) is 0.222. The van der Waals surface area contributed by atoms with Crippen molar-refractivity contribution in [2.45, 2.75) is 18.6 Å². The van der Waals surface area contributed by atoms with Crippen molar-refractivity contribution >= 4 is 17.6 Å². The lowest BCUT2D eigenvalue weighted by Crippen LogP contribution is -2.44. The van der Waals surface area contributed by atoms with Crippen LogP contribution in [0.2, 0.25) is 0 Å². The third-order valence-corrected chi connectivity index (χ3v) is 4.10. The SMILES string of the molecule is O=C(Nc1ccc(F)cc1)N[C@H]1C(=O)NC[C@@H]1c1ccc(OC(F)F)cc1. The Morgan fingerprint density at radius 3 is 2.41 bits per heavy atom. The molecule has 1 fully saturated rings. The Balaban J connectivity index is 1.66. The molecule has 27 heavy (non-hydrogen) atoms. The Morgan fingerprint density at radius 1 is 1.11 bits per heavy atom. The smallest absolute Gasteiger partial charge is 0.387 e. The monoisotopic (exact) mass is 379 g/mol. The van der Waals surface area contributed by atoms with Crippen molar-refractivity contribution in [1.29, 1.82) is 0 Å². The Hall–Kier alpha value is -3.23. The molecule has 0 saturated carbocycles. The highest BCUT2D eigenvalue weighted by Gasteiger charge is 2.36. The molecule has 1 heterocycles. The second-order valence-electron chi connectivity index (χ2n) is 5.88. The van der Waals surface area contributed by atoms with E-state index in [1.165, 1.54) is 36.4 Å². The number of anilines is 1. The minimum absolute atomic E-state index is 0.00425. The van der Waals surface area contributed by atoms with E-state index in [1.807, 2.05) is 0 Å². The van der Waals surface area contributed by atoms with Gasteiger partial charge in [-0.15, -0.1) is 0 Å². The first-order valence-corrected chi connectivity index (χ1v) is 8.08. The molecule has 2 atom stereocenters. The van der Waals surface area contributed by atoms with E-state index in [9.17, 15) is 22.8 Å². The highest BCUT2D eigenvalue weighted by atomic mass is 19.3. The number of rotatable bonds is 5. The Bertz CT molecular complexity index is 813. The van der Waals surface area contributed by atoms with Crippen molar-refractivity contribution in [3.63, 3.8) is 0 Å². The average Bonchev–Trinajstić information content (AvgIpc) is 2.98. The number of hydrogen-bond acceptors (Lipinski definition) is 3. The van der Waals surface area contributed by atoms with E-state index in [0.717, 1.165) is 0 Å². The summed E-state index contributed by atoms with van der Waals surface area (Å²) in [6.45, 7) is -2.63. The van der Waals surface area contributed by atoms with Gasteiger partial charge in [-0.3, -0.25) is 4.79 Å². The average molecular weight is 379 g/mol. The highest BCUT2D eigenvalue weighted by Crippen LogP contribution is 2.26. The number of carbonyl (C=O) groups is 2. The molecule has 3 amide bonds. The van der Waals surface area contributed by atoms with Crippen LogP contribution in [-0.2, 0) is 4.79 Å². The number of carbonyl (C=O) groups excluding carboxylic acids is 2. The van der Waals surface area contributed by atoms with Gasteiger partial charge >= 0.3 is 12.6 Å². The van der Waals surface area contributed by atoms with E-state index in [4.69, 9.17) is 0 Å². The summed E-state index contributed by atoms with van der Waals surface area (Å²) in [4.78, 5) is 24.2. The molecule has 1 aliphatic rings. The number of urea groups is 1. The molecule has 0 aromatic heterocycles. The lowest BCUT2D eigenvalue weighted by molar-refractivity contribution is -0.120. The largest absolute Gasteiger partial charge is 0.435 e. The summed E-state index contributed by atoms with van der Waals surface area (Å²) in [5.41, 5.74) is 1.06. The zero-order valence-electron chi connectivity index (χ0n) is 13.9. The van der Waals surface area contributed by atoms with Crippen LogP contribution < -0.4 is 20.7 Å². The van der Waals surface area contributed by atoms with Gasteiger partial charge in [0, 0.05) is 18.2 Å². The standard InChI is InChI=1S/C18H16F3N3O3/c19-11-3-5-12(6-4-11)23-18(26)24-15-14(9-22-16(15)25)10-1-7-13(8-2-10)27-17(20)21/h1-8,14-15,17H,9H2,(H,22,25)(H2,23,24,26)/t14-,15-/m1/s1. The molecule has 1 saturated heterocycles. The Morgan fingerprint density at radius 2 is 1.78 bits per heavy atom. The summed E-state index contributed by atoms with van der Waals surface area (Å²) in [5.74, 6) is -1.17. The van der Waals surface area contributed by atoms with Crippen molar-refractivity contribution in [2.24, 2.45) is 0 Å². The number of alkyl halides is 2. The predicted octanol–water partition coefficient (Wildman–Crippen LogP) is 2.83. The third-order valence-electron chi connectivity index (χ3n) is 4.10. The van der Waals surface area contributed by atoms with Crippen LogP contribution in [0.3, 0.4) is 0 Å². The van der Waals surface area contributed by atoms with E-state index in [0.29, 0.717) is 11.3 Å². The van der Waals surface area contributed by atoms with Crippen LogP contribution in [0.4, 0.5) is 23.7 Å². The van der Waals surface area contributed by atoms with Crippen molar-refractivity contribution in [1.82, 2.24) is 10.6 Å². The number of benzene rings is 2. The second kappa shape index (κ2) is 7.98. The highest BCUT2D eigenvalue weighted by molar-refractivity contribution is 5.95. The van der Waals surface area contributed by atoms with Crippen molar-refractivity contribution in [3.05, 3.63) is 59.9 Å². The van der Waals surface area contributed by atoms with Crippen LogP contribution >= 0.6 is 0 Å². The predicted molar refractivity (Wildman–Crippen MR) is 91.2 cm³/mol. The topological polar surface area (TPSA) is 79.5 Å². The first kappa shape index (κ1) is 18.6. The van der Waals surface area contributed by atoms with Gasteiger partial charge in [-0.2, -0.15) is 8.78 Å².